The van der Waals surface area contributed by atoms with E-state index in [0.29, 0.717) is 62.0 Å². The molecule has 0 radical (unpaired) electrons. The number of fused-ring (bicyclic) bond motifs is 1. The number of benzene rings is 2. The quantitative estimate of drug-likeness (QED) is 0.329. The van der Waals surface area contributed by atoms with Gasteiger partial charge in [0.1, 0.15) is 19.0 Å². The Hall–Kier alpha value is -3.76. The second-order valence-corrected chi connectivity index (χ2v) is 9.09. The molecular formula is C27H30N2O8. The third kappa shape index (κ3) is 4.94. The van der Waals surface area contributed by atoms with Crippen molar-refractivity contribution in [2.75, 3.05) is 59.7 Å². The summed E-state index contributed by atoms with van der Waals surface area (Å²) in [7, 11) is 1.42. The Bertz CT molecular complexity index is 1220. The summed E-state index contributed by atoms with van der Waals surface area (Å²) in [6.45, 7) is 4.85. The van der Waals surface area contributed by atoms with Crippen molar-refractivity contribution < 1.29 is 38.7 Å². The molecule has 0 aliphatic carbocycles. The smallest absolute Gasteiger partial charge is 0.295 e. The normalized spacial score (nSPS) is 21.3. The van der Waals surface area contributed by atoms with Gasteiger partial charge in [-0.3, -0.25) is 14.5 Å². The molecule has 2 N–H and O–H groups in total. The Morgan fingerprint density at radius 1 is 1.00 bits per heavy atom. The molecule has 1 amide bonds. The molecule has 1 atom stereocenters. The van der Waals surface area contributed by atoms with E-state index in [4.69, 9.17) is 18.9 Å². The summed E-state index contributed by atoms with van der Waals surface area (Å²) < 4.78 is 21.9. The Kier molecular flexibility index (Phi) is 7.20. The van der Waals surface area contributed by atoms with Gasteiger partial charge in [-0.25, -0.2) is 0 Å². The molecule has 0 saturated carbocycles. The maximum atomic E-state index is 13.3. The summed E-state index contributed by atoms with van der Waals surface area (Å²) in [4.78, 5) is 30.3. The number of ether oxygens (including phenoxy) is 4. The van der Waals surface area contributed by atoms with Crippen LogP contribution in [0.4, 0.5) is 0 Å². The zero-order valence-electron chi connectivity index (χ0n) is 20.6. The molecule has 3 heterocycles. The largest absolute Gasteiger partial charge is 0.507 e. The van der Waals surface area contributed by atoms with Gasteiger partial charge >= 0.3 is 0 Å². The lowest BCUT2D eigenvalue weighted by molar-refractivity contribution is -0.140. The minimum absolute atomic E-state index is 0.0270. The fourth-order valence-electron chi connectivity index (χ4n) is 4.96. The Morgan fingerprint density at radius 2 is 1.76 bits per heavy atom. The lowest BCUT2D eigenvalue weighted by Gasteiger charge is -2.29. The minimum atomic E-state index is -0.854. The highest BCUT2D eigenvalue weighted by atomic mass is 16.6. The van der Waals surface area contributed by atoms with Crippen LogP contribution >= 0.6 is 0 Å². The van der Waals surface area contributed by atoms with Gasteiger partial charge in [0.05, 0.1) is 31.9 Å². The molecular weight excluding hydrogens is 480 g/mol. The van der Waals surface area contributed by atoms with Gasteiger partial charge in [0.15, 0.2) is 23.0 Å². The molecule has 37 heavy (non-hydrogen) atoms. The summed E-state index contributed by atoms with van der Waals surface area (Å²) >= 11 is 0. The first-order valence-corrected chi connectivity index (χ1v) is 12.3. The van der Waals surface area contributed by atoms with Crippen LogP contribution in [0.15, 0.2) is 42.0 Å². The lowest BCUT2D eigenvalue weighted by Crippen LogP contribution is -2.38. The van der Waals surface area contributed by atoms with E-state index in [1.807, 2.05) is 0 Å². The maximum absolute atomic E-state index is 13.3. The van der Waals surface area contributed by atoms with Gasteiger partial charge in [0.25, 0.3) is 11.7 Å². The fraction of sp³-hybridized carbons (Fsp3) is 0.407. The van der Waals surface area contributed by atoms with Crippen molar-refractivity contribution in [2.45, 2.75) is 12.5 Å². The highest BCUT2D eigenvalue weighted by molar-refractivity contribution is 6.46. The van der Waals surface area contributed by atoms with Gasteiger partial charge < -0.3 is 34.1 Å². The van der Waals surface area contributed by atoms with E-state index in [0.717, 1.165) is 19.6 Å². The monoisotopic (exact) mass is 510 g/mol. The van der Waals surface area contributed by atoms with Crippen LogP contribution in [0.2, 0.25) is 0 Å². The van der Waals surface area contributed by atoms with Crippen molar-refractivity contribution in [1.82, 2.24) is 9.80 Å². The fourth-order valence-corrected chi connectivity index (χ4v) is 4.96. The van der Waals surface area contributed by atoms with E-state index in [2.05, 4.69) is 4.90 Å². The van der Waals surface area contributed by atoms with Gasteiger partial charge in [0, 0.05) is 31.7 Å². The number of morpholine rings is 1. The van der Waals surface area contributed by atoms with E-state index in [1.165, 1.54) is 18.1 Å². The molecule has 2 saturated heterocycles. The number of nitrogens with zero attached hydrogens (tertiary/aromatic N) is 2. The van der Waals surface area contributed by atoms with Gasteiger partial charge in [-0.1, -0.05) is 6.07 Å². The van der Waals surface area contributed by atoms with Crippen LogP contribution in [0.25, 0.3) is 5.76 Å². The number of carbonyl (C=O) groups excluding carboxylic acids is 2. The average molecular weight is 511 g/mol. The number of Topliss-reactive ketones (excluding diaryl/α,β-unsaturated/α-hetero) is 1. The molecule has 2 aromatic rings. The van der Waals surface area contributed by atoms with Crippen molar-refractivity contribution in [2.24, 2.45) is 0 Å². The molecule has 196 valence electrons. The van der Waals surface area contributed by atoms with Crippen molar-refractivity contribution in [1.29, 1.82) is 0 Å². The van der Waals surface area contributed by atoms with Gasteiger partial charge in [-0.05, 0) is 42.3 Å². The van der Waals surface area contributed by atoms with E-state index in [1.54, 1.807) is 30.3 Å². The standard InChI is InChI=1S/C27H30N2O8/c1-34-21-15-17(3-5-19(21)30)24-23(25(31)18-4-6-20-22(16-18)37-14-13-36-20)26(32)27(33)29(24)8-2-7-28-9-11-35-12-10-28/h3-6,15-16,24,30-31H,2,7-14H2,1H3/b25-23+. The number of aliphatic hydroxyl groups excluding tert-OH is 1. The number of rotatable bonds is 7. The SMILES string of the molecule is COc1cc(C2/C(=C(\O)c3ccc4c(c3)OCCO4)C(=O)C(=O)N2CCCN2CCOCC2)ccc1O. The molecule has 2 aromatic carbocycles. The number of methoxy groups -OCH3 is 1. The number of hydrogen-bond donors (Lipinski definition) is 2. The zero-order valence-corrected chi connectivity index (χ0v) is 20.6. The first-order chi connectivity index (χ1) is 18.0. The van der Waals surface area contributed by atoms with Crippen LogP contribution in [0.3, 0.4) is 0 Å². The highest BCUT2D eigenvalue weighted by Gasteiger charge is 2.46. The number of hydrogen-bond acceptors (Lipinski definition) is 9. The van der Waals surface area contributed by atoms with Crippen molar-refractivity contribution in [3.05, 3.63) is 53.1 Å². The van der Waals surface area contributed by atoms with Crippen LogP contribution in [-0.2, 0) is 14.3 Å². The molecule has 1 unspecified atom stereocenters. The van der Waals surface area contributed by atoms with E-state index >= 15 is 0 Å². The number of aliphatic hydroxyl groups is 1. The lowest BCUT2D eigenvalue weighted by atomic mass is 9.94. The summed E-state index contributed by atoms with van der Waals surface area (Å²) in [5.74, 6) is -0.612. The molecule has 0 spiro atoms. The Balaban J connectivity index is 1.51. The number of amides is 1. The second-order valence-electron chi connectivity index (χ2n) is 9.09. The summed E-state index contributed by atoms with van der Waals surface area (Å²) in [5.41, 5.74) is 0.853. The number of phenolic OH excluding ortho intramolecular Hbond substituents is 1. The summed E-state index contributed by atoms with van der Waals surface area (Å²) in [6, 6.07) is 8.70. The average Bonchev–Trinajstić information content (AvgIpc) is 3.18. The molecule has 0 bridgehead atoms. The molecule has 3 aliphatic heterocycles. The second kappa shape index (κ2) is 10.7. The van der Waals surface area contributed by atoms with Gasteiger partial charge in [-0.2, -0.15) is 0 Å². The molecule has 5 rings (SSSR count). The van der Waals surface area contributed by atoms with Crippen LogP contribution in [0.1, 0.15) is 23.6 Å². The van der Waals surface area contributed by atoms with Crippen molar-refractivity contribution in [3.8, 4) is 23.0 Å². The van der Waals surface area contributed by atoms with Crippen LogP contribution in [0, 0.1) is 0 Å². The summed E-state index contributed by atoms with van der Waals surface area (Å²) in [6.07, 6.45) is 0.642. The number of carbonyl (C=O) groups is 2. The summed E-state index contributed by atoms with van der Waals surface area (Å²) in [5, 5.41) is 21.5. The molecule has 10 nitrogen and oxygen atoms in total. The first-order valence-electron chi connectivity index (χ1n) is 12.3. The topological polar surface area (TPSA) is 118 Å². The van der Waals surface area contributed by atoms with Crippen LogP contribution < -0.4 is 14.2 Å². The highest BCUT2D eigenvalue weighted by Crippen LogP contribution is 2.43. The Morgan fingerprint density at radius 3 is 2.51 bits per heavy atom. The van der Waals surface area contributed by atoms with Gasteiger partial charge in [0.2, 0.25) is 0 Å². The van der Waals surface area contributed by atoms with E-state index < -0.39 is 17.7 Å². The van der Waals surface area contributed by atoms with Gasteiger partial charge in [-0.15, -0.1) is 0 Å². The van der Waals surface area contributed by atoms with Crippen molar-refractivity contribution >= 4 is 17.4 Å². The first kappa shape index (κ1) is 24.9. The predicted molar refractivity (Wildman–Crippen MR) is 133 cm³/mol. The molecule has 2 fully saturated rings. The number of aromatic hydroxyl groups is 1. The number of ketones is 1. The van der Waals surface area contributed by atoms with Crippen LogP contribution in [0.5, 0.6) is 23.0 Å². The maximum Gasteiger partial charge on any atom is 0.295 e. The minimum Gasteiger partial charge on any atom is -0.507 e. The Labute approximate surface area is 214 Å². The third-order valence-electron chi connectivity index (χ3n) is 6.85. The number of likely N-dealkylation sites (tertiary alicyclic amines) is 1. The zero-order chi connectivity index (χ0) is 25.9. The predicted octanol–water partition coefficient (Wildman–Crippen LogP) is 2.32. The third-order valence-corrected chi connectivity index (χ3v) is 6.85. The van der Waals surface area contributed by atoms with Crippen molar-refractivity contribution in [3.63, 3.8) is 0 Å². The molecule has 10 heteroatoms. The van der Waals surface area contributed by atoms with Crippen LogP contribution in [-0.4, -0.2) is 91.4 Å². The van der Waals surface area contributed by atoms with E-state index in [-0.39, 0.29) is 22.8 Å². The van der Waals surface area contributed by atoms with E-state index in [9.17, 15) is 19.8 Å². The molecule has 3 aliphatic rings. The number of phenols is 1. The molecule has 0 aromatic heterocycles.